The van der Waals surface area contributed by atoms with E-state index in [1.165, 1.54) is 0 Å². The topological polar surface area (TPSA) is 53.4 Å². The zero-order valence-electron chi connectivity index (χ0n) is 14.6. The third kappa shape index (κ3) is 3.15. The van der Waals surface area contributed by atoms with E-state index in [0.29, 0.717) is 19.4 Å². The Bertz CT molecular complexity index is 926. The highest BCUT2D eigenvalue weighted by molar-refractivity contribution is 5.81. The Balaban J connectivity index is 1.64. The highest BCUT2D eigenvalue weighted by Gasteiger charge is 2.42. The Kier molecular flexibility index (Phi) is 4.33. The number of piperidine rings is 1. The molecule has 0 aliphatic carbocycles. The molecule has 0 bridgehead atoms. The predicted octanol–water partition coefficient (Wildman–Crippen LogP) is 4.15. The number of nitrogens with zero attached hydrogens (tertiary/aromatic N) is 2. The summed E-state index contributed by atoms with van der Waals surface area (Å²) >= 11 is 0. The van der Waals surface area contributed by atoms with E-state index < -0.39 is 11.4 Å². The van der Waals surface area contributed by atoms with Crippen LogP contribution >= 0.6 is 0 Å². The van der Waals surface area contributed by atoms with Gasteiger partial charge in [-0.3, -0.25) is 4.79 Å². The molecule has 0 amide bonds. The minimum Gasteiger partial charge on any atom is -0.481 e. The predicted molar refractivity (Wildman–Crippen MR) is 103 cm³/mol. The Morgan fingerprint density at radius 3 is 2.62 bits per heavy atom. The molecule has 1 N–H and O–H groups in total. The fourth-order valence-electron chi connectivity index (χ4n) is 3.94. The zero-order chi connectivity index (χ0) is 18.0. The van der Waals surface area contributed by atoms with Crippen molar-refractivity contribution < 1.29 is 9.90 Å². The van der Waals surface area contributed by atoms with Gasteiger partial charge in [-0.25, -0.2) is 4.98 Å². The number of para-hydroxylation sites is 1. The van der Waals surface area contributed by atoms with Gasteiger partial charge in [-0.1, -0.05) is 48.5 Å². The van der Waals surface area contributed by atoms with E-state index in [1.807, 2.05) is 60.7 Å². The number of carbonyl (C=O) groups is 1. The SMILES string of the molecule is O=C(O)[C@@]1(Cc2ccccc2)CCCN(c2ccc3ccccc3n2)C1. The van der Waals surface area contributed by atoms with Crippen LogP contribution in [0.2, 0.25) is 0 Å². The van der Waals surface area contributed by atoms with Crippen molar-refractivity contribution in [2.24, 2.45) is 5.41 Å². The molecule has 1 aliphatic rings. The molecule has 0 unspecified atom stereocenters. The van der Waals surface area contributed by atoms with Crippen LogP contribution in [0.3, 0.4) is 0 Å². The Hall–Kier alpha value is -2.88. The lowest BCUT2D eigenvalue weighted by molar-refractivity contribution is -0.149. The van der Waals surface area contributed by atoms with Gasteiger partial charge < -0.3 is 10.0 Å². The largest absolute Gasteiger partial charge is 0.481 e. The second-order valence-electron chi connectivity index (χ2n) is 7.14. The van der Waals surface area contributed by atoms with Crippen molar-refractivity contribution in [3.05, 3.63) is 72.3 Å². The molecule has 0 spiro atoms. The summed E-state index contributed by atoms with van der Waals surface area (Å²) in [5, 5.41) is 11.1. The second kappa shape index (κ2) is 6.79. The van der Waals surface area contributed by atoms with Crippen molar-refractivity contribution in [2.75, 3.05) is 18.0 Å². The van der Waals surface area contributed by atoms with Gasteiger partial charge >= 0.3 is 5.97 Å². The van der Waals surface area contributed by atoms with Crippen LogP contribution in [-0.4, -0.2) is 29.1 Å². The number of rotatable bonds is 4. The molecule has 1 aliphatic heterocycles. The van der Waals surface area contributed by atoms with Crippen molar-refractivity contribution in [3.63, 3.8) is 0 Å². The summed E-state index contributed by atoms with van der Waals surface area (Å²) in [6, 6.07) is 22.0. The van der Waals surface area contributed by atoms with Crippen molar-refractivity contribution in [2.45, 2.75) is 19.3 Å². The molecule has 1 saturated heterocycles. The zero-order valence-corrected chi connectivity index (χ0v) is 14.6. The number of pyridine rings is 1. The van der Waals surface area contributed by atoms with Gasteiger partial charge in [0.05, 0.1) is 10.9 Å². The summed E-state index contributed by atoms with van der Waals surface area (Å²) in [5.41, 5.74) is 1.25. The van der Waals surface area contributed by atoms with Gasteiger partial charge in [0.1, 0.15) is 5.82 Å². The third-order valence-electron chi connectivity index (χ3n) is 5.32. The van der Waals surface area contributed by atoms with Crippen LogP contribution < -0.4 is 4.90 Å². The van der Waals surface area contributed by atoms with Gasteiger partial charge in [-0.15, -0.1) is 0 Å². The maximum absolute atomic E-state index is 12.2. The first-order valence-corrected chi connectivity index (χ1v) is 9.04. The van der Waals surface area contributed by atoms with Crippen LogP contribution in [-0.2, 0) is 11.2 Å². The molecule has 4 heteroatoms. The van der Waals surface area contributed by atoms with E-state index >= 15 is 0 Å². The number of aromatic nitrogens is 1. The Morgan fingerprint density at radius 1 is 1.04 bits per heavy atom. The Labute approximate surface area is 153 Å². The molecular formula is C22H22N2O2. The number of benzene rings is 2. The van der Waals surface area contributed by atoms with Crippen LogP contribution in [0.4, 0.5) is 5.82 Å². The second-order valence-corrected chi connectivity index (χ2v) is 7.14. The molecule has 1 aromatic heterocycles. The van der Waals surface area contributed by atoms with E-state index in [-0.39, 0.29) is 0 Å². The van der Waals surface area contributed by atoms with Crippen LogP contribution in [0.1, 0.15) is 18.4 Å². The molecule has 4 rings (SSSR count). The summed E-state index contributed by atoms with van der Waals surface area (Å²) in [6.07, 6.45) is 2.10. The molecule has 26 heavy (non-hydrogen) atoms. The Morgan fingerprint density at radius 2 is 1.81 bits per heavy atom. The fraction of sp³-hybridized carbons (Fsp3) is 0.273. The molecule has 132 valence electrons. The highest BCUT2D eigenvalue weighted by Crippen LogP contribution is 2.36. The van der Waals surface area contributed by atoms with Crippen LogP contribution in [0.5, 0.6) is 0 Å². The van der Waals surface area contributed by atoms with Crippen molar-refractivity contribution in [1.29, 1.82) is 0 Å². The fourth-order valence-corrected chi connectivity index (χ4v) is 3.94. The molecule has 4 nitrogen and oxygen atoms in total. The number of anilines is 1. The summed E-state index contributed by atoms with van der Waals surface area (Å²) in [4.78, 5) is 19.1. The average molecular weight is 346 g/mol. The third-order valence-corrected chi connectivity index (χ3v) is 5.32. The average Bonchev–Trinajstić information content (AvgIpc) is 2.68. The van der Waals surface area contributed by atoms with Crippen molar-refractivity contribution >= 4 is 22.7 Å². The molecule has 0 saturated carbocycles. The molecular weight excluding hydrogens is 324 g/mol. The maximum Gasteiger partial charge on any atom is 0.311 e. The molecule has 3 aromatic rings. The molecule has 1 atom stereocenters. The first-order valence-electron chi connectivity index (χ1n) is 9.04. The maximum atomic E-state index is 12.2. The van der Waals surface area contributed by atoms with Gasteiger partial charge in [0, 0.05) is 18.5 Å². The summed E-state index contributed by atoms with van der Waals surface area (Å²) in [6.45, 7) is 1.33. The number of carboxylic acid groups (broad SMARTS) is 1. The van der Waals surface area contributed by atoms with Gasteiger partial charge in [0.2, 0.25) is 0 Å². The van der Waals surface area contributed by atoms with Crippen molar-refractivity contribution in [1.82, 2.24) is 4.98 Å². The first kappa shape index (κ1) is 16.6. The van der Waals surface area contributed by atoms with Gasteiger partial charge in [0.15, 0.2) is 0 Å². The lowest BCUT2D eigenvalue weighted by Crippen LogP contribution is -2.49. The van der Waals surface area contributed by atoms with Gasteiger partial charge in [-0.05, 0) is 43.0 Å². The van der Waals surface area contributed by atoms with E-state index in [1.54, 1.807) is 0 Å². The van der Waals surface area contributed by atoms with Gasteiger partial charge in [0.25, 0.3) is 0 Å². The molecule has 2 aromatic carbocycles. The summed E-state index contributed by atoms with van der Waals surface area (Å²) in [7, 11) is 0. The first-order chi connectivity index (χ1) is 12.7. The van der Waals surface area contributed by atoms with Crippen LogP contribution in [0, 0.1) is 5.41 Å². The van der Waals surface area contributed by atoms with Gasteiger partial charge in [-0.2, -0.15) is 0 Å². The standard InChI is InChI=1S/C22H22N2O2/c25-21(26)22(15-17-7-2-1-3-8-17)13-6-14-24(16-22)20-12-11-18-9-4-5-10-19(18)23-20/h1-5,7-12H,6,13-16H2,(H,25,26)/t22-/m1/s1. The summed E-state index contributed by atoms with van der Waals surface area (Å²) in [5.74, 6) is 0.147. The van der Waals surface area contributed by atoms with E-state index in [2.05, 4.69) is 11.0 Å². The molecule has 2 heterocycles. The monoisotopic (exact) mass is 346 g/mol. The minimum absolute atomic E-state index is 0.489. The summed E-state index contributed by atoms with van der Waals surface area (Å²) < 4.78 is 0. The number of aliphatic carboxylic acids is 1. The highest BCUT2D eigenvalue weighted by atomic mass is 16.4. The van der Waals surface area contributed by atoms with E-state index in [4.69, 9.17) is 4.98 Å². The molecule has 1 fully saturated rings. The number of hydrogen-bond donors (Lipinski definition) is 1. The minimum atomic E-state index is -0.771. The van der Waals surface area contributed by atoms with Crippen LogP contribution in [0.15, 0.2) is 66.7 Å². The smallest absolute Gasteiger partial charge is 0.311 e. The number of carboxylic acids is 1. The molecule has 0 radical (unpaired) electrons. The number of hydrogen-bond acceptors (Lipinski definition) is 3. The number of fused-ring (bicyclic) bond motifs is 1. The van der Waals surface area contributed by atoms with Crippen LogP contribution in [0.25, 0.3) is 10.9 Å². The normalized spacial score (nSPS) is 20.2. The van der Waals surface area contributed by atoms with E-state index in [9.17, 15) is 9.90 Å². The lowest BCUT2D eigenvalue weighted by atomic mass is 9.75. The van der Waals surface area contributed by atoms with E-state index in [0.717, 1.165) is 35.2 Å². The van der Waals surface area contributed by atoms with Crippen molar-refractivity contribution in [3.8, 4) is 0 Å². The lowest BCUT2D eigenvalue weighted by Gasteiger charge is -2.40. The quantitative estimate of drug-likeness (QED) is 0.771.